The van der Waals surface area contributed by atoms with Crippen LogP contribution in [0, 0.1) is 24.2 Å². The van der Waals surface area contributed by atoms with Crippen LogP contribution < -0.4 is 0 Å². The second-order valence-corrected chi connectivity index (χ2v) is 13.8. The van der Waals surface area contributed by atoms with E-state index in [4.69, 9.17) is 10.8 Å². The molecule has 1 atom stereocenters. The quantitative estimate of drug-likeness (QED) is 0.279. The zero-order valence-corrected chi connectivity index (χ0v) is 17.6. The minimum atomic E-state index is -1.73. The maximum absolute atomic E-state index is 6.72. The lowest BCUT2D eigenvalue weighted by Gasteiger charge is -2.40. The summed E-state index contributed by atoms with van der Waals surface area (Å²) in [6.07, 6.45) is 13.5. The molecule has 0 fully saturated rings. The molecule has 0 heterocycles. The van der Waals surface area contributed by atoms with Gasteiger partial charge in [0.15, 0.2) is 0 Å². The summed E-state index contributed by atoms with van der Waals surface area (Å²) in [6.45, 7) is 16.4. The average molecular weight is 335 g/mol. The molecule has 0 N–H and O–H groups in total. The van der Waals surface area contributed by atoms with Crippen molar-refractivity contribution in [3.05, 3.63) is 11.3 Å². The van der Waals surface area contributed by atoms with Crippen LogP contribution in [0.15, 0.2) is 11.3 Å². The van der Waals surface area contributed by atoms with E-state index in [2.05, 4.69) is 53.6 Å². The van der Waals surface area contributed by atoms with Gasteiger partial charge in [-0.3, -0.25) is 0 Å². The third-order valence-corrected chi connectivity index (χ3v) is 10.2. The number of rotatable bonds is 7. The van der Waals surface area contributed by atoms with Crippen LogP contribution in [0.25, 0.3) is 0 Å². The van der Waals surface area contributed by atoms with Gasteiger partial charge in [0.1, 0.15) is 0 Å². The summed E-state index contributed by atoms with van der Waals surface area (Å²) in [5.41, 5.74) is 1.59. The Balaban J connectivity index is 2.88. The van der Waals surface area contributed by atoms with Crippen LogP contribution in [0.3, 0.4) is 0 Å². The highest BCUT2D eigenvalue weighted by Gasteiger charge is 2.40. The smallest absolute Gasteiger partial charge is 0.250 e. The summed E-state index contributed by atoms with van der Waals surface area (Å²) in [5.74, 6) is 5.70. The van der Waals surface area contributed by atoms with Crippen molar-refractivity contribution in [3.8, 4) is 12.3 Å². The van der Waals surface area contributed by atoms with E-state index in [9.17, 15) is 0 Å². The zero-order valence-electron chi connectivity index (χ0n) is 16.6. The molecule has 2 heteroatoms. The van der Waals surface area contributed by atoms with Gasteiger partial charge in [-0.05, 0) is 67.6 Å². The molecule has 0 saturated heterocycles. The molecule has 0 spiro atoms. The van der Waals surface area contributed by atoms with Crippen molar-refractivity contribution in [1.82, 2.24) is 0 Å². The Morgan fingerprint density at radius 3 is 2.43 bits per heavy atom. The van der Waals surface area contributed by atoms with E-state index in [1.165, 1.54) is 31.4 Å². The molecule has 0 aromatic carbocycles. The van der Waals surface area contributed by atoms with E-state index < -0.39 is 8.32 Å². The lowest BCUT2D eigenvalue weighted by molar-refractivity contribution is 0.275. The highest BCUT2D eigenvalue weighted by Crippen LogP contribution is 2.42. The molecular weight excluding hydrogens is 296 g/mol. The Labute approximate surface area is 146 Å². The summed E-state index contributed by atoms with van der Waals surface area (Å²) in [6, 6.07) is 0. The normalized spacial score (nSPS) is 19.9. The van der Waals surface area contributed by atoms with E-state index in [0.29, 0.717) is 0 Å². The number of unbranched alkanes of at least 4 members (excludes halogenated alkanes) is 2. The predicted octanol–water partition coefficient (Wildman–Crippen LogP) is 6.91. The number of terminal acetylenes is 1. The molecule has 0 saturated carbocycles. The molecule has 1 rings (SSSR count). The van der Waals surface area contributed by atoms with Crippen LogP contribution in [0.4, 0.5) is 0 Å². The fraction of sp³-hybridized carbons (Fsp3) is 0.810. The first-order chi connectivity index (χ1) is 10.6. The lowest BCUT2D eigenvalue weighted by Crippen LogP contribution is -2.41. The first-order valence-electron chi connectivity index (χ1n) is 9.42. The molecular formula is C21H38OSi. The molecule has 0 bridgehead atoms. The SMILES string of the molecule is C#CCCCCC1=C(O[Si](C)(C)C(C)(C)C)CCC(C(C)C)C1. The Hall–Kier alpha value is -0.683. The number of allylic oxidation sites excluding steroid dienone is 2. The molecule has 0 aromatic rings. The number of hydrogen-bond acceptors (Lipinski definition) is 1. The zero-order chi connectivity index (χ0) is 17.7. The van der Waals surface area contributed by atoms with E-state index in [1.807, 2.05) is 0 Å². The predicted molar refractivity (Wildman–Crippen MR) is 105 cm³/mol. The van der Waals surface area contributed by atoms with Gasteiger partial charge in [0.25, 0.3) is 0 Å². The van der Waals surface area contributed by atoms with Gasteiger partial charge in [0, 0.05) is 12.8 Å². The van der Waals surface area contributed by atoms with E-state index in [0.717, 1.165) is 31.1 Å². The number of hydrogen-bond donors (Lipinski definition) is 0. The summed E-state index contributed by atoms with van der Waals surface area (Å²) in [5, 5.41) is 0.267. The summed E-state index contributed by atoms with van der Waals surface area (Å²) in [4.78, 5) is 0. The molecule has 0 aromatic heterocycles. The summed E-state index contributed by atoms with van der Waals surface area (Å²) < 4.78 is 6.72. The average Bonchev–Trinajstić information content (AvgIpc) is 2.43. The standard InChI is InChI=1S/C21H38OSi/c1-9-10-11-12-13-19-16-18(17(2)3)14-15-20(19)22-23(7,8)21(4,5)6/h1,17-18H,10-16H2,2-8H3. The largest absolute Gasteiger partial charge is 0.547 e. The molecule has 0 aliphatic heterocycles. The Morgan fingerprint density at radius 2 is 1.91 bits per heavy atom. The Morgan fingerprint density at radius 1 is 1.26 bits per heavy atom. The maximum atomic E-state index is 6.72. The van der Waals surface area contributed by atoms with Crippen LogP contribution in [-0.2, 0) is 4.43 Å². The van der Waals surface area contributed by atoms with Crippen LogP contribution >= 0.6 is 0 Å². The molecule has 1 aliphatic carbocycles. The van der Waals surface area contributed by atoms with Gasteiger partial charge in [0.05, 0.1) is 5.76 Å². The fourth-order valence-corrected chi connectivity index (χ4v) is 4.15. The van der Waals surface area contributed by atoms with Crippen molar-refractivity contribution >= 4 is 8.32 Å². The van der Waals surface area contributed by atoms with Gasteiger partial charge in [-0.25, -0.2) is 0 Å². The summed E-state index contributed by atoms with van der Waals surface area (Å²) in [7, 11) is -1.73. The van der Waals surface area contributed by atoms with Crippen molar-refractivity contribution in [2.75, 3.05) is 0 Å². The maximum Gasteiger partial charge on any atom is 0.250 e. The van der Waals surface area contributed by atoms with Crippen LogP contribution in [0.5, 0.6) is 0 Å². The molecule has 1 unspecified atom stereocenters. The fourth-order valence-electron chi connectivity index (χ4n) is 2.99. The highest BCUT2D eigenvalue weighted by atomic mass is 28.4. The lowest BCUT2D eigenvalue weighted by atomic mass is 9.79. The van der Waals surface area contributed by atoms with Crippen LogP contribution in [0.2, 0.25) is 18.1 Å². The second-order valence-electron chi connectivity index (χ2n) is 9.05. The monoisotopic (exact) mass is 334 g/mol. The van der Waals surface area contributed by atoms with Crippen LogP contribution in [-0.4, -0.2) is 8.32 Å². The van der Waals surface area contributed by atoms with Crippen molar-refractivity contribution < 1.29 is 4.43 Å². The third kappa shape index (κ3) is 6.03. The molecule has 132 valence electrons. The Kier molecular flexibility index (Phi) is 7.46. The van der Waals surface area contributed by atoms with Gasteiger partial charge < -0.3 is 4.43 Å². The molecule has 0 radical (unpaired) electrons. The van der Waals surface area contributed by atoms with Crippen LogP contribution in [0.1, 0.15) is 79.6 Å². The van der Waals surface area contributed by atoms with Gasteiger partial charge in [0.2, 0.25) is 8.32 Å². The van der Waals surface area contributed by atoms with E-state index >= 15 is 0 Å². The highest BCUT2D eigenvalue weighted by molar-refractivity contribution is 6.74. The van der Waals surface area contributed by atoms with Gasteiger partial charge in [-0.15, -0.1) is 12.3 Å². The van der Waals surface area contributed by atoms with Gasteiger partial charge in [-0.1, -0.05) is 34.6 Å². The molecule has 0 amide bonds. The molecule has 1 aliphatic rings. The summed E-state index contributed by atoms with van der Waals surface area (Å²) >= 11 is 0. The molecule has 1 nitrogen and oxygen atoms in total. The third-order valence-electron chi connectivity index (χ3n) is 5.82. The first kappa shape index (κ1) is 20.4. The van der Waals surface area contributed by atoms with Crippen molar-refractivity contribution in [2.45, 2.75) is 97.7 Å². The first-order valence-corrected chi connectivity index (χ1v) is 12.3. The van der Waals surface area contributed by atoms with Gasteiger partial charge in [-0.2, -0.15) is 0 Å². The topological polar surface area (TPSA) is 9.23 Å². The minimum Gasteiger partial charge on any atom is -0.547 e. The van der Waals surface area contributed by atoms with Crippen molar-refractivity contribution in [2.24, 2.45) is 11.8 Å². The van der Waals surface area contributed by atoms with E-state index in [1.54, 1.807) is 5.57 Å². The van der Waals surface area contributed by atoms with Crippen molar-refractivity contribution in [1.29, 1.82) is 0 Å². The Bertz CT molecular complexity index is 445. The van der Waals surface area contributed by atoms with Crippen molar-refractivity contribution in [3.63, 3.8) is 0 Å². The molecule has 23 heavy (non-hydrogen) atoms. The minimum absolute atomic E-state index is 0.267. The van der Waals surface area contributed by atoms with E-state index in [-0.39, 0.29) is 5.04 Å². The van der Waals surface area contributed by atoms with Gasteiger partial charge >= 0.3 is 0 Å². The second kappa shape index (κ2) is 8.43.